The minimum atomic E-state index is -1.01. The van der Waals surface area contributed by atoms with E-state index in [2.05, 4.69) is 11.9 Å². The van der Waals surface area contributed by atoms with Gasteiger partial charge in [0.15, 0.2) is 6.10 Å². The molecule has 0 fully saturated rings. The van der Waals surface area contributed by atoms with E-state index < -0.39 is 12.1 Å². The van der Waals surface area contributed by atoms with Crippen molar-refractivity contribution >= 4 is 5.97 Å². The first-order chi connectivity index (χ1) is 13.7. The van der Waals surface area contributed by atoms with Gasteiger partial charge in [-0.25, -0.2) is 4.79 Å². The maximum atomic E-state index is 11.8. The van der Waals surface area contributed by atoms with Gasteiger partial charge in [-0.15, -0.1) is 0 Å². The molecule has 0 aromatic carbocycles. The van der Waals surface area contributed by atoms with Crippen molar-refractivity contribution in [2.24, 2.45) is 0 Å². The first-order valence-corrected chi connectivity index (χ1v) is 11.5. The molecule has 1 heterocycles. The SMILES string of the molecule is CCCCCCCCCCCCCCCCC(O)C(=O)OCc1cccnc1. The van der Waals surface area contributed by atoms with E-state index in [1.165, 1.54) is 77.0 Å². The van der Waals surface area contributed by atoms with Crippen LogP contribution < -0.4 is 0 Å². The fourth-order valence-electron chi connectivity index (χ4n) is 3.38. The molecular formula is C24H41NO3. The van der Waals surface area contributed by atoms with Crippen LogP contribution >= 0.6 is 0 Å². The summed E-state index contributed by atoms with van der Waals surface area (Å²) in [6, 6.07) is 3.65. The number of carbonyl (C=O) groups is 1. The summed E-state index contributed by atoms with van der Waals surface area (Å²) in [4.78, 5) is 15.8. The Balaban J connectivity index is 1.85. The molecule has 0 saturated carbocycles. The molecule has 1 N–H and O–H groups in total. The second-order valence-corrected chi connectivity index (χ2v) is 7.87. The molecule has 4 nitrogen and oxygen atoms in total. The van der Waals surface area contributed by atoms with Crippen molar-refractivity contribution in [1.82, 2.24) is 4.98 Å². The molecule has 1 aromatic heterocycles. The maximum Gasteiger partial charge on any atom is 0.335 e. The normalized spacial score (nSPS) is 12.1. The van der Waals surface area contributed by atoms with Gasteiger partial charge in [0.2, 0.25) is 0 Å². The Bertz CT molecular complexity index is 478. The number of rotatable bonds is 18. The molecule has 0 aliphatic carbocycles. The number of carbonyl (C=O) groups excluding carboxylic acids is 1. The van der Waals surface area contributed by atoms with Crippen molar-refractivity contribution in [3.8, 4) is 0 Å². The zero-order valence-corrected chi connectivity index (χ0v) is 17.9. The fraction of sp³-hybridized carbons (Fsp3) is 0.750. The zero-order valence-electron chi connectivity index (χ0n) is 17.9. The third-order valence-corrected chi connectivity index (χ3v) is 5.21. The molecule has 160 valence electrons. The Labute approximate surface area is 172 Å². The van der Waals surface area contributed by atoms with Gasteiger partial charge in [-0.2, -0.15) is 0 Å². The Kier molecular flexibility index (Phi) is 15.5. The summed E-state index contributed by atoms with van der Waals surface area (Å²) in [5, 5.41) is 9.90. The van der Waals surface area contributed by atoms with E-state index in [9.17, 15) is 9.90 Å². The largest absolute Gasteiger partial charge is 0.459 e. The van der Waals surface area contributed by atoms with Gasteiger partial charge in [-0.1, -0.05) is 103 Å². The highest BCUT2D eigenvalue weighted by Gasteiger charge is 2.16. The summed E-state index contributed by atoms with van der Waals surface area (Å²) in [5.41, 5.74) is 0.833. The van der Waals surface area contributed by atoms with Gasteiger partial charge in [0, 0.05) is 18.0 Å². The summed E-state index contributed by atoms with van der Waals surface area (Å²) in [5.74, 6) is -0.529. The van der Waals surface area contributed by atoms with Gasteiger partial charge in [0.05, 0.1) is 0 Å². The predicted molar refractivity (Wildman–Crippen MR) is 115 cm³/mol. The standard InChI is InChI=1S/C24H41NO3/c1-2-3-4-5-6-7-8-9-10-11-12-13-14-15-18-23(26)24(27)28-21-22-17-16-19-25-20-22/h16-17,19-20,23,26H,2-15,18,21H2,1H3. The second kappa shape index (κ2) is 17.7. The number of pyridine rings is 1. The van der Waals surface area contributed by atoms with Crippen molar-refractivity contribution in [1.29, 1.82) is 0 Å². The van der Waals surface area contributed by atoms with Crippen LogP contribution in [0.4, 0.5) is 0 Å². The van der Waals surface area contributed by atoms with Gasteiger partial charge in [0.1, 0.15) is 6.61 Å². The minimum absolute atomic E-state index is 0.169. The number of esters is 1. The van der Waals surface area contributed by atoms with Crippen LogP contribution in [-0.2, 0) is 16.1 Å². The van der Waals surface area contributed by atoms with Crippen LogP contribution in [0.25, 0.3) is 0 Å². The number of nitrogens with zero attached hydrogens (tertiary/aromatic N) is 1. The van der Waals surface area contributed by atoms with Gasteiger partial charge in [-0.3, -0.25) is 4.98 Å². The predicted octanol–water partition coefficient (Wildman–Crippen LogP) is 6.36. The highest BCUT2D eigenvalue weighted by Crippen LogP contribution is 2.14. The highest BCUT2D eigenvalue weighted by atomic mass is 16.5. The van der Waals surface area contributed by atoms with E-state index >= 15 is 0 Å². The average Bonchev–Trinajstić information content (AvgIpc) is 2.72. The molecule has 4 heteroatoms. The molecule has 0 aliphatic rings. The molecule has 0 aliphatic heterocycles. The Morgan fingerprint density at radius 2 is 1.46 bits per heavy atom. The Hall–Kier alpha value is -1.42. The van der Waals surface area contributed by atoms with Crippen LogP contribution in [-0.4, -0.2) is 22.2 Å². The summed E-state index contributed by atoms with van der Waals surface area (Å²) in [7, 11) is 0. The Morgan fingerprint density at radius 1 is 0.929 bits per heavy atom. The van der Waals surface area contributed by atoms with E-state index in [4.69, 9.17) is 4.74 Å². The van der Waals surface area contributed by atoms with Gasteiger partial charge in [-0.05, 0) is 12.5 Å². The molecule has 0 bridgehead atoms. The van der Waals surface area contributed by atoms with E-state index in [1.54, 1.807) is 18.5 Å². The van der Waals surface area contributed by atoms with E-state index in [0.29, 0.717) is 6.42 Å². The quantitative estimate of drug-likeness (QED) is 0.234. The van der Waals surface area contributed by atoms with Gasteiger partial charge >= 0.3 is 5.97 Å². The maximum absolute atomic E-state index is 11.8. The molecule has 1 rings (SSSR count). The van der Waals surface area contributed by atoms with Crippen molar-refractivity contribution in [2.45, 2.75) is 116 Å². The van der Waals surface area contributed by atoms with Crippen LogP contribution in [0.3, 0.4) is 0 Å². The molecular weight excluding hydrogens is 350 g/mol. The van der Waals surface area contributed by atoms with Crippen molar-refractivity contribution < 1.29 is 14.6 Å². The number of hydrogen-bond acceptors (Lipinski definition) is 4. The lowest BCUT2D eigenvalue weighted by molar-refractivity contribution is -0.155. The number of aliphatic hydroxyl groups is 1. The van der Waals surface area contributed by atoms with Crippen molar-refractivity contribution in [2.75, 3.05) is 0 Å². The number of aromatic nitrogens is 1. The van der Waals surface area contributed by atoms with Crippen LogP contribution in [0.1, 0.15) is 109 Å². The summed E-state index contributed by atoms with van der Waals surface area (Å²) in [6.45, 7) is 2.43. The monoisotopic (exact) mass is 391 g/mol. The number of hydrogen-bond donors (Lipinski definition) is 1. The molecule has 0 saturated heterocycles. The molecule has 1 atom stereocenters. The molecule has 1 unspecified atom stereocenters. The minimum Gasteiger partial charge on any atom is -0.459 e. The molecule has 1 aromatic rings. The first-order valence-electron chi connectivity index (χ1n) is 11.5. The first kappa shape index (κ1) is 24.6. The molecule has 0 spiro atoms. The van der Waals surface area contributed by atoms with Gasteiger partial charge < -0.3 is 9.84 Å². The number of unbranched alkanes of at least 4 members (excludes halogenated alkanes) is 13. The summed E-state index contributed by atoms with van der Waals surface area (Å²) < 4.78 is 5.13. The number of ether oxygens (including phenoxy) is 1. The second-order valence-electron chi connectivity index (χ2n) is 7.87. The highest BCUT2D eigenvalue weighted by molar-refractivity contribution is 5.74. The van der Waals surface area contributed by atoms with Crippen LogP contribution in [0.2, 0.25) is 0 Å². The van der Waals surface area contributed by atoms with Crippen molar-refractivity contribution in [3.63, 3.8) is 0 Å². The van der Waals surface area contributed by atoms with Crippen LogP contribution in [0, 0.1) is 0 Å². The van der Waals surface area contributed by atoms with Crippen molar-refractivity contribution in [3.05, 3.63) is 30.1 Å². The smallest absolute Gasteiger partial charge is 0.335 e. The van der Waals surface area contributed by atoms with E-state index in [1.807, 2.05) is 6.07 Å². The average molecular weight is 392 g/mol. The number of aliphatic hydroxyl groups excluding tert-OH is 1. The fourth-order valence-corrected chi connectivity index (χ4v) is 3.38. The lowest BCUT2D eigenvalue weighted by Crippen LogP contribution is -2.22. The molecule has 28 heavy (non-hydrogen) atoms. The van der Waals surface area contributed by atoms with E-state index in [0.717, 1.165) is 18.4 Å². The van der Waals surface area contributed by atoms with E-state index in [-0.39, 0.29) is 6.61 Å². The summed E-state index contributed by atoms with van der Waals surface area (Å²) in [6.07, 6.45) is 21.0. The molecule has 0 amide bonds. The third-order valence-electron chi connectivity index (χ3n) is 5.21. The lowest BCUT2D eigenvalue weighted by Gasteiger charge is -2.10. The summed E-state index contributed by atoms with van der Waals surface area (Å²) >= 11 is 0. The lowest BCUT2D eigenvalue weighted by atomic mass is 10.0. The van der Waals surface area contributed by atoms with Crippen LogP contribution in [0.15, 0.2) is 24.5 Å². The Morgan fingerprint density at radius 3 is 1.96 bits per heavy atom. The van der Waals surface area contributed by atoms with Gasteiger partial charge in [0.25, 0.3) is 0 Å². The zero-order chi connectivity index (χ0) is 20.3. The topological polar surface area (TPSA) is 59.4 Å². The molecule has 0 radical (unpaired) electrons. The van der Waals surface area contributed by atoms with Crippen LogP contribution in [0.5, 0.6) is 0 Å². The third kappa shape index (κ3) is 13.7.